The van der Waals surface area contributed by atoms with Crippen LogP contribution in [-0.4, -0.2) is 19.5 Å². The lowest BCUT2D eigenvalue weighted by Crippen LogP contribution is -2.29. The fraction of sp³-hybridized carbons (Fsp3) is 0.455. The summed E-state index contributed by atoms with van der Waals surface area (Å²) in [5.41, 5.74) is -0.505. The zero-order valence-corrected chi connectivity index (χ0v) is 10.8. The quantitative estimate of drug-likeness (QED) is 0.746. The molecule has 0 amide bonds. The summed E-state index contributed by atoms with van der Waals surface area (Å²) in [5, 5.41) is 0.268. The first kappa shape index (κ1) is 11.3. The number of nitrogens with zero attached hydrogens (tertiary/aromatic N) is 2. The van der Waals surface area contributed by atoms with Crippen molar-refractivity contribution in [1.29, 1.82) is 0 Å². The number of H-pyrrole nitrogens is 2. The highest BCUT2D eigenvalue weighted by Gasteiger charge is 2.36. The lowest BCUT2D eigenvalue weighted by atomic mass is 10.3. The van der Waals surface area contributed by atoms with Gasteiger partial charge in [-0.05, 0) is 12.3 Å². The molecule has 2 unspecified atom stereocenters. The summed E-state index contributed by atoms with van der Waals surface area (Å²) in [5.74, 6) is 1.69. The van der Waals surface area contributed by atoms with Crippen molar-refractivity contribution in [3.8, 4) is 0 Å². The van der Waals surface area contributed by atoms with E-state index in [0.29, 0.717) is 17.5 Å². The van der Waals surface area contributed by atoms with E-state index in [1.807, 2.05) is 0 Å². The highest BCUT2D eigenvalue weighted by Crippen LogP contribution is 2.45. The minimum atomic E-state index is -0.489. The molecule has 2 atom stereocenters. The molecule has 1 aliphatic rings. The third-order valence-corrected chi connectivity index (χ3v) is 3.76. The van der Waals surface area contributed by atoms with Gasteiger partial charge in [0.25, 0.3) is 5.56 Å². The molecular formula is C11H12N4O2S. The topological polar surface area (TPSA) is 83.5 Å². The molecule has 2 heterocycles. The van der Waals surface area contributed by atoms with Crippen LogP contribution in [0.3, 0.4) is 0 Å². The standard InChI is InChI=1S/C11H12N4O2S/c1-4-3-5(4)7-12-8-6(10(18)13-7)9(16)14-11(17)15(8)2/h4-5H,3H2,1-2H3,(H,12,13,18)(H,14,16,17). The average Bonchev–Trinajstić information content (AvgIpc) is 3.02. The maximum absolute atomic E-state index is 11.7. The van der Waals surface area contributed by atoms with Crippen molar-refractivity contribution in [3.05, 3.63) is 31.3 Å². The van der Waals surface area contributed by atoms with Crippen molar-refractivity contribution in [1.82, 2.24) is 19.5 Å². The molecule has 0 radical (unpaired) electrons. The van der Waals surface area contributed by atoms with E-state index in [1.54, 1.807) is 7.05 Å². The molecule has 3 rings (SSSR count). The summed E-state index contributed by atoms with van der Waals surface area (Å²) >= 11 is 5.15. The average molecular weight is 264 g/mol. The molecule has 0 saturated heterocycles. The maximum atomic E-state index is 11.7. The van der Waals surface area contributed by atoms with Gasteiger partial charge in [-0.3, -0.25) is 14.3 Å². The maximum Gasteiger partial charge on any atom is 0.329 e. The van der Waals surface area contributed by atoms with Gasteiger partial charge < -0.3 is 4.98 Å². The van der Waals surface area contributed by atoms with E-state index < -0.39 is 11.2 Å². The first-order chi connectivity index (χ1) is 8.49. The van der Waals surface area contributed by atoms with Crippen LogP contribution in [0, 0.1) is 10.6 Å². The normalized spacial score (nSPS) is 22.3. The third kappa shape index (κ3) is 1.54. The first-order valence-corrected chi connectivity index (χ1v) is 6.13. The molecule has 0 aliphatic heterocycles. The number of aromatic nitrogens is 4. The Morgan fingerprint density at radius 2 is 2.06 bits per heavy atom. The zero-order valence-electron chi connectivity index (χ0n) is 9.98. The van der Waals surface area contributed by atoms with Gasteiger partial charge in [-0.15, -0.1) is 0 Å². The van der Waals surface area contributed by atoms with Crippen molar-refractivity contribution in [2.45, 2.75) is 19.3 Å². The number of hydrogen-bond donors (Lipinski definition) is 2. The number of nitrogens with one attached hydrogen (secondary N) is 2. The molecule has 2 N–H and O–H groups in total. The molecule has 0 spiro atoms. The number of aryl methyl sites for hydroxylation is 1. The van der Waals surface area contributed by atoms with Crippen LogP contribution in [0.4, 0.5) is 0 Å². The minimum Gasteiger partial charge on any atom is -0.329 e. The van der Waals surface area contributed by atoms with Crippen molar-refractivity contribution in [3.63, 3.8) is 0 Å². The van der Waals surface area contributed by atoms with Gasteiger partial charge >= 0.3 is 5.69 Å². The highest BCUT2D eigenvalue weighted by atomic mass is 32.1. The van der Waals surface area contributed by atoms with Gasteiger partial charge in [0.15, 0.2) is 0 Å². The van der Waals surface area contributed by atoms with Crippen LogP contribution in [0.2, 0.25) is 0 Å². The van der Waals surface area contributed by atoms with Crippen LogP contribution in [0.15, 0.2) is 9.59 Å². The van der Waals surface area contributed by atoms with Gasteiger partial charge in [0.1, 0.15) is 21.5 Å². The molecule has 94 valence electrons. The number of aromatic amines is 2. The Morgan fingerprint density at radius 3 is 2.67 bits per heavy atom. The Balaban J connectivity index is 2.43. The van der Waals surface area contributed by atoms with Crippen LogP contribution < -0.4 is 11.2 Å². The second-order valence-electron chi connectivity index (χ2n) is 4.79. The largest absolute Gasteiger partial charge is 0.329 e. The van der Waals surface area contributed by atoms with Crippen LogP contribution in [-0.2, 0) is 7.05 Å². The van der Waals surface area contributed by atoms with E-state index in [-0.39, 0.29) is 10.0 Å². The van der Waals surface area contributed by atoms with E-state index in [0.717, 1.165) is 12.2 Å². The molecule has 0 bridgehead atoms. The monoisotopic (exact) mass is 264 g/mol. The summed E-state index contributed by atoms with van der Waals surface area (Å²) in [7, 11) is 1.59. The number of fused-ring (bicyclic) bond motifs is 1. The predicted octanol–water partition coefficient (Wildman–Crippen LogP) is 0.803. The molecule has 2 aromatic heterocycles. The number of hydrogen-bond acceptors (Lipinski definition) is 4. The van der Waals surface area contributed by atoms with Gasteiger partial charge in [-0.1, -0.05) is 19.1 Å². The summed E-state index contributed by atoms with van der Waals surface area (Å²) < 4.78 is 1.60. The lowest BCUT2D eigenvalue weighted by molar-refractivity contribution is 0.796. The predicted molar refractivity (Wildman–Crippen MR) is 69.3 cm³/mol. The Bertz CT molecular complexity index is 816. The van der Waals surface area contributed by atoms with Crippen molar-refractivity contribution < 1.29 is 0 Å². The molecule has 6 nitrogen and oxygen atoms in total. The van der Waals surface area contributed by atoms with Crippen LogP contribution in [0.5, 0.6) is 0 Å². The Labute approximate surface area is 107 Å². The second-order valence-corrected chi connectivity index (χ2v) is 5.18. The SMILES string of the molecule is CC1CC1c1nc(=S)c2c(=O)[nH]c(=O)n(C)c2[nH]1. The van der Waals surface area contributed by atoms with E-state index >= 15 is 0 Å². The van der Waals surface area contributed by atoms with Gasteiger partial charge in [0, 0.05) is 13.0 Å². The van der Waals surface area contributed by atoms with Crippen molar-refractivity contribution in [2.24, 2.45) is 13.0 Å². The Morgan fingerprint density at radius 1 is 1.39 bits per heavy atom. The molecule has 1 aliphatic carbocycles. The summed E-state index contributed by atoms with van der Waals surface area (Å²) in [6, 6.07) is 0. The van der Waals surface area contributed by atoms with Gasteiger partial charge in [-0.2, -0.15) is 0 Å². The van der Waals surface area contributed by atoms with Gasteiger partial charge in [-0.25, -0.2) is 9.78 Å². The van der Waals surface area contributed by atoms with E-state index in [2.05, 4.69) is 21.9 Å². The van der Waals surface area contributed by atoms with Gasteiger partial charge in [0.05, 0.1) is 0 Å². The molecule has 7 heteroatoms. The van der Waals surface area contributed by atoms with E-state index in [4.69, 9.17) is 12.2 Å². The summed E-state index contributed by atoms with van der Waals surface area (Å²) in [6.45, 7) is 2.13. The molecule has 2 aromatic rings. The van der Waals surface area contributed by atoms with Crippen LogP contribution in [0.25, 0.3) is 11.0 Å². The summed E-state index contributed by atoms with van der Waals surface area (Å²) in [4.78, 5) is 32.9. The zero-order chi connectivity index (χ0) is 13.0. The second kappa shape index (κ2) is 3.61. The highest BCUT2D eigenvalue weighted by molar-refractivity contribution is 7.71. The van der Waals surface area contributed by atoms with Crippen molar-refractivity contribution >= 4 is 23.3 Å². The molecule has 0 aromatic carbocycles. The number of rotatable bonds is 1. The Hall–Kier alpha value is -1.76. The van der Waals surface area contributed by atoms with E-state index in [1.165, 1.54) is 4.57 Å². The molecular weight excluding hydrogens is 252 g/mol. The van der Waals surface area contributed by atoms with Crippen LogP contribution >= 0.6 is 12.2 Å². The van der Waals surface area contributed by atoms with Crippen LogP contribution in [0.1, 0.15) is 25.1 Å². The molecule has 1 fully saturated rings. The fourth-order valence-corrected chi connectivity index (χ4v) is 2.45. The third-order valence-electron chi connectivity index (χ3n) is 3.47. The van der Waals surface area contributed by atoms with Gasteiger partial charge in [0.2, 0.25) is 0 Å². The molecule has 18 heavy (non-hydrogen) atoms. The summed E-state index contributed by atoms with van der Waals surface area (Å²) in [6.07, 6.45) is 1.06. The smallest absolute Gasteiger partial charge is 0.329 e. The molecule has 1 saturated carbocycles. The fourth-order valence-electron chi connectivity index (χ4n) is 2.16. The first-order valence-electron chi connectivity index (χ1n) is 5.72. The van der Waals surface area contributed by atoms with E-state index in [9.17, 15) is 9.59 Å². The Kier molecular flexibility index (Phi) is 2.28. The lowest BCUT2D eigenvalue weighted by Gasteiger charge is -2.06. The van der Waals surface area contributed by atoms with Crippen molar-refractivity contribution in [2.75, 3.05) is 0 Å². The minimum absolute atomic E-state index is 0.245.